The molecule has 3 heteroatoms. The average molecular weight is 179 g/mol. The molecule has 0 saturated heterocycles. The van der Waals surface area contributed by atoms with Crippen LogP contribution in [-0.4, -0.2) is 12.1 Å². The Morgan fingerprint density at radius 2 is 2.08 bits per heavy atom. The third-order valence-electron chi connectivity index (χ3n) is 1.84. The number of nitrogens with one attached hydrogen (secondary N) is 1. The normalized spacial score (nSPS) is 10.5. The molecule has 0 saturated carbocycles. The van der Waals surface area contributed by atoms with E-state index in [2.05, 4.69) is 17.6 Å². The summed E-state index contributed by atoms with van der Waals surface area (Å²) in [6.07, 6.45) is 0. The minimum absolute atomic E-state index is 0.777. The highest BCUT2D eigenvalue weighted by Crippen LogP contribution is 2.31. The molecular formula is C9H9NOS. The molecule has 0 aliphatic rings. The van der Waals surface area contributed by atoms with E-state index in [1.807, 2.05) is 24.3 Å². The van der Waals surface area contributed by atoms with Crippen LogP contribution >= 0.6 is 12.6 Å². The summed E-state index contributed by atoms with van der Waals surface area (Å²) in [5.41, 5.74) is 1.05. The Labute approximate surface area is 76.0 Å². The van der Waals surface area contributed by atoms with Gasteiger partial charge >= 0.3 is 0 Å². The van der Waals surface area contributed by atoms with E-state index in [1.54, 1.807) is 7.11 Å². The van der Waals surface area contributed by atoms with Gasteiger partial charge in [0.15, 0.2) is 5.75 Å². The SMILES string of the molecule is COc1c(S)[nH]c2ccccc12. The second-order valence-corrected chi connectivity index (χ2v) is 3.00. The van der Waals surface area contributed by atoms with Crippen LogP contribution in [0.5, 0.6) is 5.75 Å². The summed E-state index contributed by atoms with van der Waals surface area (Å²) in [6, 6.07) is 7.96. The third kappa shape index (κ3) is 0.975. The highest BCUT2D eigenvalue weighted by atomic mass is 32.1. The molecule has 0 radical (unpaired) electrons. The van der Waals surface area contributed by atoms with Gasteiger partial charge in [-0.1, -0.05) is 12.1 Å². The summed E-state index contributed by atoms with van der Waals surface area (Å²) in [6.45, 7) is 0. The van der Waals surface area contributed by atoms with Gasteiger partial charge in [0.05, 0.1) is 12.6 Å². The summed E-state index contributed by atoms with van der Waals surface area (Å²) in [7, 11) is 1.65. The molecule has 1 aromatic carbocycles. The number of thiol groups is 1. The zero-order valence-electron chi connectivity index (χ0n) is 6.66. The van der Waals surface area contributed by atoms with Gasteiger partial charge in [0.1, 0.15) is 5.03 Å². The van der Waals surface area contributed by atoms with Crippen LogP contribution in [-0.2, 0) is 0 Å². The van der Waals surface area contributed by atoms with Crippen LogP contribution in [0.3, 0.4) is 0 Å². The molecular weight excluding hydrogens is 170 g/mol. The Bertz CT molecular complexity index is 408. The number of ether oxygens (including phenoxy) is 1. The highest BCUT2D eigenvalue weighted by Gasteiger charge is 2.06. The van der Waals surface area contributed by atoms with E-state index in [0.717, 1.165) is 21.7 Å². The lowest BCUT2D eigenvalue weighted by Gasteiger charge is -1.96. The Morgan fingerprint density at radius 1 is 1.33 bits per heavy atom. The molecule has 0 amide bonds. The minimum Gasteiger partial charge on any atom is -0.493 e. The average Bonchev–Trinajstić information content (AvgIpc) is 2.40. The number of H-pyrrole nitrogens is 1. The maximum atomic E-state index is 5.19. The number of hydrogen-bond donors (Lipinski definition) is 2. The maximum absolute atomic E-state index is 5.19. The molecule has 0 atom stereocenters. The summed E-state index contributed by atoms with van der Waals surface area (Å²) in [4.78, 5) is 3.12. The Kier molecular flexibility index (Phi) is 1.73. The van der Waals surface area contributed by atoms with Crippen LogP contribution in [0.1, 0.15) is 0 Å². The van der Waals surface area contributed by atoms with Gasteiger partial charge in [-0.05, 0) is 12.1 Å². The fraction of sp³-hybridized carbons (Fsp3) is 0.111. The fourth-order valence-electron chi connectivity index (χ4n) is 1.31. The molecule has 0 aliphatic heterocycles. The standard InChI is InChI=1S/C9H9NOS/c1-11-8-6-4-2-3-5-7(6)10-9(8)12/h2-5,10,12H,1H3. The van der Waals surface area contributed by atoms with E-state index in [9.17, 15) is 0 Å². The van der Waals surface area contributed by atoms with Crippen LogP contribution in [0, 0.1) is 0 Å². The minimum atomic E-state index is 0.777. The number of rotatable bonds is 1. The first kappa shape index (κ1) is 7.55. The largest absolute Gasteiger partial charge is 0.493 e. The van der Waals surface area contributed by atoms with Crippen LogP contribution in [0.4, 0.5) is 0 Å². The molecule has 12 heavy (non-hydrogen) atoms. The van der Waals surface area contributed by atoms with E-state index in [-0.39, 0.29) is 0 Å². The maximum Gasteiger partial charge on any atom is 0.157 e. The van der Waals surface area contributed by atoms with Crippen molar-refractivity contribution in [2.75, 3.05) is 7.11 Å². The molecule has 1 heterocycles. The number of aromatic amines is 1. The molecule has 2 nitrogen and oxygen atoms in total. The van der Waals surface area contributed by atoms with Gasteiger partial charge in [0.25, 0.3) is 0 Å². The number of benzene rings is 1. The third-order valence-corrected chi connectivity index (χ3v) is 2.16. The zero-order chi connectivity index (χ0) is 8.55. The zero-order valence-corrected chi connectivity index (χ0v) is 7.56. The van der Waals surface area contributed by atoms with Gasteiger partial charge in [0, 0.05) is 5.39 Å². The molecule has 0 bridgehead atoms. The van der Waals surface area contributed by atoms with Gasteiger partial charge in [-0.3, -0.25) is 0 Å². The van der Waals surface area contributed by atoms with Crippen molar-refractivity contribution in [2.45, 2.75) is 5.03 Å². The molecule has 1 N–H and O–H groups in total. The van der Waals surface area contributed by atoms with E-state index >= 15 is 0 Å². The lowest BCUT2D eigenvalue weighted by molar-refractivity contribution is 0.409. The van der Waals surface area contributed by atoms with Gasteiger partial charge in [0.2, 0.25) is 0 Å². The van der Waals surface area contributed by atoms with Crippen LogP contribution < -0.4 is 4.74 Å². The predicted octanol–water partition coefficient (Wildman–Crippen LogP) is 2.47. The number of para-hydroxylation sites is 1. The van der Waals surface area contributed by atoms with Gasteiger partial charge in [-0.25, -0.2) is 0 Å². The smallest absolute Gasteiger partial charge is 0.157 e. The summed E-state index contributed by atoms with van der Waals surface area (Å²) in [5, 5.41) is 1.85. The number of methoxy groups -OCH3 is 1. The lowest BCUT2D eigenvalue weighted by Crippen LogP contribution is -1.80. The summed E-state index contributed by atoms with van der Waals surface area (Å²) >= 11 is 4.26. The van der Waals surface area contributed by atoms with Crippen molar-refractivity contribution < 1.29 is 4.74 Å². The monoisotopic (exact) mass is 179 g/mol. The second kappa shape index (κ2) is 2.75. The number of hydrogen-bond acceptors (Lipinski definition) is 2. The van der Waals surface area contributed by atoms with Crippen molar-refractivity contribution in [1.29, 1.82) is 0 Å². The molecule has 0 unspecified atom stereocenters. The molecule has 2 rings (SSSR count). The second-order valence-electron chi connectivity index (χ2n) is 2.55. The summed E-state index contributed by atoms with van der Waals surface area (Å²) in [5.74, 6) is 0.814. The molecule has 0 fully saturated rings. The van der Waals surface area contributed by atoms with Crippen molar-refractivity contribution in [3.63, 3.8) is 0 Å². The molecule has 0 spiro atoms. The van der Waals surface area contributed by atoms with Gasteiger partial charge < -0.3 is 9.72 Å². The molecule has 62 valence electrons. The van der Waals surface area contributed by atoms with Crippen molar-refractivity contribution in [2.24, 2.45) is 0 Å². The van der Waals surface area contributed by atoms with E-state index in [4.69, 9.17) is 4.74 Å². The number of aromatic nitrogens is 1. The Balaban J connectivity index is 2.81. The van der Waals surface area contributed by atoms with Crippen molar-refractivity contribution in [1.82, 2.24) is 4.98 Å². The van der Waals surface area contributed by atoms with Gasteiger partial charge in [-0.15, -0.1) is 12.6 Å². The first-order valence-corrected chi connectivity index (χ1v) is 4.11. The van der Waals surface area contributed by atoms with Crippen molar-refractivity contribution >= 4 is 23.5 Å². The van der Waals surface area contributed by atoms with Gasteiger partial charge in [-0.2, -0.15) is 0 Å². The quantitative estimate of drug-likeness (QED) is 0.646. The number of fused-ring (bicyclic) bond motifs is 1. The lowest BCUT2D eigenvalue weighted by atomic mass is 10.2. The Hall–Kier alpha value is -1.09. The molecule has 0 aliphatic carbocycles. The summed E-state index contributed by atoms with van der Waals surface area (Å²) < 4.78 is 5.19. The topological polar surface area (TPSA) is 25.0 Å². The molecule has 1 aromatic heterocycles. The van der Waals surface area contributed by atoms with Crippen molar-refractivity contribution in [3.05, 3.63) is 24.3 Å². The Morgan fingerprint density at radius 3 is 2.83 bits per heavy atom. The van der Waals surface area contributed by atoms with E-state index < -0.39 is 0 Å². The van der Waals surface area contributed by atoms with Crippen LogP contribution in [0.15, 0.2) is 29.3 Å². The van der Waals surface area contributed by atoms with E-state index in [0.29, 0.717) is 0 Å². The predicted molar refractivity (Wildman–Crippen MR) is 52.1 cm³/mol. The fourth-order valence-corrected chi connectivity index (χ4v) is 1.64. The first-order valence-electron chi connectivity index (χ1n) is 3.66. The first-order chi connectivity index (χ1) is 5.83. The van der Waals surface area contributed by atoms with Crippen LogP contribution in [0.25, 0.3) is 10.9 Å². The van der Waals surface area contributed by atoms with Crippen molar-refractivity contribution in [3.8, 4) is 5.75 Å². The highest BCUT2D eigenvalue weighted by molar-refractivity contribution is 7.80. The molecule has 2 aromatic rings. The van der Waals surface area contributed by atoms with Crippen LogP contribution in [0.2, 0.25) is 0 Å². The van der Waals surface area contributed by atoms with E-state index in [1.165, 1.54) is 0 Å².